The normalized spacial score (nSPS) is 17.3. The molecule has 0 unspecified atom stereocenters. The molecule has 1 saturated heterocycles. The molecule has 19 heavy (non-hydrogen) atoms. The molecular weight excluding hydrogens is 242 g/mol. The summed E-state index contributed by atoms with van der Waals surface area (Å²) in [5.74, 6) is 0.598. The lowest BCUT2D eigenvalue weighted by Gasteiger charge is -2.30. The van der Waals surface area contributed by atoms with Crippen molar-refractivity contribution in [2.45, 2.75) is 26.3 Å². The molecule has 5 nitrogen and oxygen atoms in total. The average molecular weight is 263 g/mol. The number of ether oxygens (including phenoxy) is 1. The summed E-state index contributed by atoms with van der Waals surface area (Å²) in [6.07, 6.45) is 3.42. The van der Waals surface area contributed by atoms with Crippen LogP contribution in [0.1, 0.15) is 25.3 Å². The van der Waals surface area contributed by atoms with Gasteiger partial charge in [-0.05, 0) is 38.9 Å². The maximum atomic E-state index is 11.6. The second-order valence-corrected chi connectivity index (χ2v) is 4.85. The standard InChI is InChI=1S/C14H21N3O2/c1-2-19-14(18)11-5-8-17(9-6-11)10-12-4-3-7-16-13(12)15/h3-4,7,11H,2,5-6,8-10H2,1H3,(H2,15,16). The van der Waals surface area contributed by atoms with E-state index in [2.05, 4.69) is 9.88 Å². The van der Waals surface area contributed by atoms with Crippen molar-refractivity contribution < 1.29 is 9.53 Å². The van der Waals surface area contributed by atoms with E-state index in [9.17, 15) is 4.79 Å². The second kappa shape index (κ2) is 6.52. The molecule has 1 aromatic rings. The Hall–Kier alpha value is -1.62. The Morgan fingerprint density at radius 2 is 2.26 bits per heavy atom. The van der Waals surface area contributed by atoms with Crippen LogP contribution in [0.2, 0.25) is 0 Å². The smallest absolute Gasteiger partial charge is 0.309 e. The Morgan fingerprint density at radius 1 is 1.53 bits per heavy atom. The zero-order valence-corrected chi connectivity index (χ0v) is 11.3. The number of piperidine rings is 1. The highest BCUT2D eigenvalue weighted by atomic mass is 16.5. The van der Waals surface area contributed by atoms with Gasteiger partial charge in [0, 0.05) is 18.3 Å². The first-order valence-electron chi connectivity index (χ1n) is 6.79. The van der Waals surface area contributed by atoms with Crippen molar-refractivity contribution in [2.24, 2.45) is 5.92 Å². The minimum absolute atomic E-state index is 0.0527. The molecule has 1 fully saturated rings. The second-order valence-electron chi connectivity index (χ2n) is 4.85. The minimum atomic E-state index is -0.0527. The van der Waals surface area contributed by atoms with Gasteiger partial charge in [-0.1, -0.05) is 6.07 Å². The van der Waals surface area contributed by atoms with Crippen LogP contribution in [0.25, 0.3) is 0 Å². The third-order valence-electron chi connectivity index (χ3n) is 3.53. The van der Waals surface area contributed by atoms with Crippen molar-refractivity contribution in [1.29, 1.82) is 0 Å². The van der Waals surface area contributed by atoms with Gasteiger partial charge in [0.25, 0.3) is 0 Å². The maximum Gasteiger partial charge on any atom is 0.309 e. The number of likely N-dealkylation sites (tertiary alicyclic amines) is 1. The molecule has 104 valence electrons. The quantitative estimate of drug-likeness (QED) is 0.832. The zero-order chi connectivity index (χ0) is 13.7. The maximum absolute atomic E-state index is 11.6. The van der Waals surface area contributed by atoms with E-state index in [-0.39, 0.29) is 11.9 Å². The van der Waals surface area contributed by atoms with Crippen LogP contribution in [-0.4, -0.2) is 35.5 Å². The van der Waals surface area contributed by atoms with E-state index >= 15 is 0 Å². The Balaban J connectivity index is 1.84. The molecule has 0 aromatic carbocycles. The molecule has 1 aromatic heterocycles. The molecule has 0 amide bonds. The number of nitrogens with two attached hydrogens (primary N) is 1. The van der Waals surface area contributed by atoms with Crippen molar-refractivity contribution in [1.82, 2.24) is 9.88 Å². The predicted molar refractivity (Wildman–Crippen MR) is 73.3 cm³/mol. The summed E-state index contributed by atoms with van der Waals surface area (Å²) in [6.45, 7) is 4.91. The van der Waals surface area contributed by atoms with Gasteiger partial charge in [0.1, 0.15) is 5.82 Å². The average Bonchev–Trinajstić information content (AvgIpc) is 2.42. The van der Waals surface area contributed by atoms with Crippen molar-refractivity contribution in [3.63, 3.8) is 0 Å². The highest BCUT2D eigenvalue weighted by molar-refractivity contribution is 5.72. The predicted octanol–water partition coefficient (Wildman–Crippen LogP) is 1.44. The molecule has 0 bridgehead atoms. The molecular formula is C14H21N3O2. The van der Waals surface area contributed by atoms with E-state index in [1.165, 1.54) is 0 Å². The van der Waals surface area contributed by atoms with Gasteiger partial charge in [-0.15, -0.1) is 0 Å². The molecule has 0 saturated carbocycles. The summed E-state index contributed by atoms with van der Waals surface area (Å²) in [4.78, 5) is 18.0. The zero-order valence-electron chi connectivity index (χ0n) is 11.3. The highest BCUT2D eigenvalue weighted by Crippen LogP contribution is 2.21. The van der Waals surface area contributed by atoms with Gasteiger partial charge in [0.15, 0.2) is 0 Å². The molecule has 0 atom stereocenters. The Kier molecular flexibility index (Phi) is 4.74. The SMILES string of the molecule is CCOC(=O)C1CCN(Cc2cccnc2N)CC1. The van der Waals surface area contributed by atoms with Crippen LogP contribution in [0, 0.1) is 5.92 Å². The third kappa shape index (κ3) is 3.67. The van der Waals surface area contributed by atoms with E-state index in [0.29, 0.717) is 12.4 Å². The van der Waals surface area contributed by atoms with Gasteiger partial charge < -0.3 is 10.5 Å². The third-order valence-corrected chi connectivity index (χ3v) is 3.53. The van der Waals surface area contributed by atoms with Crippen molar-refractivity contribution in [2.75, 3.05) is 25.4 Å². The van der Waals surface area contributed by atoms with Gasteiger partial charge in [0.05, 0.1) is 12.5 Å². The van der Waals surface area contributed by atoms with Crippen LogP contribution >= 0.6 is 0 Å². The first-order chi connectivity index (χ1) is 9.20. The molecule has 5 heteroatoms. The number of esters is 1. The first kappa shape index (κ1) is 13.8. The number of hydrogen-bond donors (Lipinski definition) is 1. The van der Waals surface area contributed by atoms with Gasteiger partial charge in [0.2, 0.25) is 0 Å². The summed E-state index contributed by atoms with van der Waals surface area (Å²) in [6, 6.07) is 3.90. The number of pyridine rings is 1. The lowest BCUT2D eigenvalue weighted by atomic mass is 9.96. The lowest BCUT2D eigenvalue weighted by Crippen LogP contribution is -2.36. The summed E-state index contributed by atoms with van der Waals surface area (Å²) in [5.41, 5.74) is 6.89. The van der Waals surface area contributed by atoms with Gasteiger partial charge in [-0.2, -0.15) is 0 Å². The van der Waals surface area contributed by atoms with E-state index in [4.69, 9.17) is 10.5 Å². The Labute approximate surface area is 113 Å². The van der Waals surface area contributed by atoms with Crippen LogP contribution in [0.15, 0.2) is 18.3 Å². The van der Waals surface area contributed by atoms with Crippen LogP contribution in [0.4, 0.5) is 5.82 Å². The number of aromatic nitrogens is 1. The lowest BCUT2D eigenvalue weighted by molar-refractivity contribution is -0.149. The number of carbonyl (C=O) groups is 1. The molecule has 1 aliphatic rings. The van der Waals surface area contributed by atoms with Crippen LogP contribution in [0.3, 0.4) is 0 Å². The number of anilines is 1. The fourth-order valence-corrected chi connectivity index (χ4v) is 2.41. The molecule has 1 aliphatic heterocycles. The van der Waals surface area contributed by atoms with Crippen molar-refractivity contribution >= 4 is 11.8 Å². The number of rotatable bonds is 4. The van der Waals surface area contributed by atoms with Gasteiger partial charge in [-0.3, -0.25) is 9.69 Å². The topological polar surface area (TPSA) is 68.5 Å². The van der Waals surface area contributed by atoms with Crippen LogP contribution < -0.4 is 5.73 Å². The van der Waals surface area contributed by atoms with E-state index in [1.807, 2.05) is 19.1 Å². The van der Waals surface area contributed by atoms with Crippen LogP contribution in [0.5, 0.6) is 0 Å². The molecule has 0 aliphatic carbocycles. The summed E-state index contributed by atoms with van der Waals surface area (Å²) >= 11 is 0. The summed E-state index contributed by atoms with van der Waals surface area (Å²) in [5, 5.41) is 0. The number of carbonyl (C=O) groups excluding carboxylic acids is 1. The van der Waals surface area contributed by atoms with Crippen LogP contribution in [-0.2, 0) is 16.1 Å². The molecule has 2 rings (SSSR count). The number of nitrogen functional groups attached to an aromatic ring is 1. The first-order valence-corrected chi connectivity index (χ1v) is 6.79. The Bertz CT molecular complexity index is 428. The fourth-order valence-electron chi connectivity index (χ4n) is 2.41. The summed E-state index contributed by atoms with van der Waals surface area (Å²) < 4.78 is 5.07. The van der Waals surface area contributed by atoms with E-state index in [1.54, 1.807) is 6.20 Å². The highest BCUT2D eigenvalue weighted by Gasteiger charge is 2.26. The monoisotopic (exact) mass is 263 g/mol. The van der Waals surface area contributed by atoms with Gasteiger partial charge in [-0.25, -0.2) is 4.98 Å². The van der Waals surface area contributed by atoms with E-state index in [0.717, 1.165) is 38.0 Å². The molecule has 0 spiro atoms. The van der Waals surface area contributed by atoms with Gasteiger partial charge >= 0.3 is 5.97 Å². The fraction of sp³-hybridized carbons (Fsp3) is 0.571. The number of nitrogens with zero attached hydrogens (tertiary/aromatic N) is 2. The number of hydrogen-bond acceptors (Lipinski definition) is 5. The Morgan fingerprint density at radius 3 is 2.89 bits per heavy atom. The molecule has 2 N–H and O–H groups in total. The van der Waals surface area contributed by atoms with E-state index < -0.39 is 0 Å². The largest absolute Gasteiger partial charge is 0.466 e. The molecule has 2 heterocycles. The van der Waals surface area contributed by atoms with Crippen molar-refractivity contribution in [3.05, 3.63) is 23.9 Å². The molecule has 0 radical (unpaired) electrons. The summed E-state index contributed by atoms with van der Waals surface area (Å²) in [7, 11) is 0. The van der Waals surface area contributed by atoms with Crippen molar-refractivity contribution in [3.8, 4) is 0 Å². The minimum Gasteiger partial charge on any atom is -0.466 e.